The number of rotatable bonds is 4. The number of halogens is 1. The standard InChI is InChI=1S/C20H26FN3S/c21-19-5-1-2-6-20(19)24-11-9-23(10-12-24)18-4-3-8-22(15-18)14-17-7-13-25-16-17/h1-2,5-7,13,16,18H,3-4,8-12,14-15H2/t18-/m1/s1. The summed E-state index contributed by atoms with van der Waals surface area (Å²) in [5.74, 6) is -0.101. The van der Waals surface area contributed by atoms with Gasteiger partial charge in [-0.3, -0.25) is 9.80 Å². The van der Waals surface area contributed by atoms with E-state index >= 15 is 0 Å². The third kappa shape index (κ3) is 4.05. The molecule has 134 valence electrons. The lowest BCUT2D eigenvalue weighted by atomic mass is 10.0. The summed E-state index contributed by atoms with van der Waals surface area (Å²) < 4.78 is 14.0. The van der Waals surface area contributed by atoms with Gasteiger partial charge < -0.3 is 4.90 Å². The second-order valence-corrected chi connectivity index (χ2v) is 7.92. The molecular formula is C20H26FN3S. The van der Waals surface area contributed by atoms with E-state index in [0.717, 1.165) is 45.0 Å². The van der Waals surface area contributed by atoms with Gasteiger partial charge in [-0.05, 0) is 53.9 Å². The van der Waals surface area contributed by atoms with E-state index in [9.17, 15) is 4.39 Å². The van der Waals surface area contributed by atoms with Gasteiger partial charge in [-0.25, -0.2) is 4.39 Å². The maximum absolute atomic E-state index is 14.0. The number of anilines is 1. The lowest BCUT2D eigenvalue weighted by Crippen LogP contribution is -2.55. The first-order valence-electron chi connectivity index (χ1n) is 9.26. The van der Waals surface area contributed by atoms with Gasteiger partial charge in [0.05, 0.1) is 5.69 Å². The molecule has 4 rings (SSSR count). The Morgan fingerprint density at radius 2 is 1.88 bits per heavy atom. The Labute approximate surface area is 153 Å². The molecule has 2 fully saturated rings. The highest BCUT2D eigenvalue weighted by molar-refractivity contribution is 7.07. The van der Waals surface area contributed by atoms with Crippen LogP contribution in [-0.2, 0) is 6.54 Å². The molecule has 2 aromatic rings. The second kappa shape index (κ2) is 7.85. The van der Waals surface area contributed by atoms with E-state index in [-0.39, 0.29) is 5.82 Å². The molecule has 1 aromatic carbocycles. The quantitative estimate of drug-likeness (QED) is 0.825. The van der Waals surface area contributed by atoms with Crippen LogP contribution in [0.1, 0.15) is 18.4 Å². The van der Waals surface area contributed by atoms with E-state index in [0.29, 0.717) is 6.04 Å². The van der Waals surface area contributed by atoms with Crippen LogP contribution in [0.3, 0.4) is 0 Å². The molecule has 0 radical (unpaired) electrons. The summed E-state index contributed by atoms with van der Waals surface area (Å²) in [5.41, 5.74) is 2.19. The Hall–Kier alpha value is -1.43. The van der Waals surface area contributed by atoms with Gasteiger partial charge >= 0.3 is 0 Å². The van der Waals surface area contributed by atoms with Gasteiger partial charge in [0.1, 0.15) is 5.82 Å². The third-order valence-electron chi connectivity index (χ3n) is 5.49. The topological polar surface area (TPSA) is 9.72 Å². The largest absolute Gasteiger partial charge is 0.367 e. The molecule has 2 aliphatic heterocycles. The number of hydrogen-bond donors (Lipinski definition) is 0. The predicted octanol–water partition coefficient (Wildman–Crippen LogP) is 3.67. The van der Waals surface area contributed by atoms with Gasteiger partial charge in [-0.1, -0.05) is 12.1 Å². The molecule has 1 aromatic heterocycles. The van der Waals surface area contributed by atoms with E-state index in [1.54, 1.807) is 23.5 Å². The van der Waals surface area contributed by atoms with Crippen molar-refractivity contribution in [3.8, 4) is 0 Å². The number of para-hydroxylation sites is 1. The van der Waals surface area contributed by atoms with Crippen molar-refractivity contribution < 1.29 is 4.39 Å². The average Bonchev–Trinajstić information content (AvgIpc) is 3.16. The Morgan fingerprint density at radius 1 is 1.04 bits per heavy atom. The van der Waals surface area contributed by atoms with Crippen molar-refractivity contribution in [2.45, 2.75) is 25.4 Å². The van der Waals surface area contributed by atoms with Crippen LogP contribution in [0.25, 0.3) is 0 Å². The van der Waals surface area contributed by atoms with Crippen LogP contribution >= 0.6 is 11.3 Å². The van der Waals surface area contributed by atoms with E-state index in [1.165, 1.54) is 24.9 Å². The van der Waals surface area contributed by atoms with Crippen molar-refractivity contribution in [3.63, 3.8) is 0 Å². The molecule has 3 nitrogen and oxygen atoms in total. The molecule has 0 aliphatic carbocycles. The Morgan fingerprint density at radius 3 is 2.64 bits per heavy atom. The first-order valence-corrected chi connectivity index (χ1v) is 10.2. The zero-order valence-electron chi connectivity index (χ0n) is 14.6. The van der Waals surface area contributed by atoms with E-state index in [2.05, 4.69) is 31.5 Å². The molecule has 1 atom stereocenters. The van der Waals surface area contributed by atoms with Gasteiger partial charge in [-0.2, -0.15) is 11.3 Å². The summed E-state index contributed by atoms with van der Waals surface area (Å²) in [7, 11) is 0. The molecule has 25 heavy (non-hydrogen) atoms. The molecular weight excluding hydrogens is 333 g/mol. The van der Waals surface area contributed by atoms with Gasteiger partial charge in [0.15, 0.2) is 0 Å². The number of likely N-dealkylation sites (tertiary alicyclic amines) is 1. The number of piperidine rings is 1. The SMILES string of the molecule is Fc1ccccc1N1CCN([C@@H]2CCCN(Cc3ccsc3)C2)CC1. The number of nitrogens with zero attached hydrogens (tertiary/aromatic N) is 3. The zero-order chi connectivity index (χ0) is 17.1. The Kier molecular flexibility index (Phi) is 5.34. The number of hydrogen-bond acceptors (Lipinski definition) is 4. The fourth-order valence-electron chi connectivity index (χ4n) is 4.15. The molecule has 2 saturated heterocycles. The van der Waals surface area contributed by atoms with Crippen molar-refractivity contribution in [3.05, 3.63) is 52.5 Å². The van der Waals surface area contributed by atoms with Gasteiger partial charge in [-0.15, -0.1) is 0 Å². The molecule has 0 amide bonds. The first kappa shape index (κ1) is 17.0. The van der Waals surface area contributed by atoms with Crippen LogP contribution in [0.2, 0.25) is 0 Å². The van der Waals surface area contributed by atoms with E-state index < -0.39 is 0 Å². The van der Waals surface area contributed by atoms with E-state index in [4.69, 9.17) is 0 Å². The summed E-state index contributed by atoms with van der Waals surface area (Å²) in [6.07, 6.45) is 2.57. The minimum atomic E-state index is -0.101. The summed E-state index contributed by atoms with van der Waals surface area (Å²) >= 11 is 1.78. The Balaban J connectivity index is 1.32. The van der Waals surface area contributed by atoms with Crippen LogP contribution < -0.4 is 4.90 Å². The minimum Gasteiger partial charge on any atom is -0.367 e. The van der Waals surface area contributed by atoms with Crippen molar-refractivity contribution >= 4 is 17.0 Å². The highest BCUT2D eigenvalue weighted by Gasteiger charge is 2.28. The molecule has 2 aliphatic rings. The van der Waals surface area contributed by atoms with Crippen molar-refractivity contribution in [2.24, 2.45) is 0 Å². The number of thiophene rings is 1. The van der Waals surface area contributed by atoms with Crippen LogP contribution in [0.5, 0.6) is 0 Å². The maximum Gasteiger partial charge on any atom is 0.146 e. The first-order chi connectivity index (χ1) is 12.3. The molecule has 0 N–H and O–H groups in total. The van der Waals surface area contributed by atoms with Crippen molar-refractivity contribution in [2.75, 3.05) is 44.2 Å². The summed E-state index contributed by atoms with van der Waals surface area (Å²) in [6, 6.07) is 10.0. The molecule has 0 saturated carbocycles. The average molecular weight is 360 g/mol. The minimum absolute atomic E-state index is 0.101. The monoisotopic (exact) mass is 359 g/mol. The molecule has 3 heterocycles. The lowest BCUT2D eigenvalue weighted by Gasteiger charge is -2.44. The summed E-state index contributed by atoms with van der Waals surface area (Å²) in [6.45, 7) is 7.35. The van der Waals surface area contributed by atoms with Gasteiger partial charge in [0, 0.05) is 45.3 Å². The molecule has 0 bridgehead atoms. The van der Waals surface area contributed by atoms with Crippen LogP contribution in [0.4, 0.5) is 10.1 Å². The van der Waals surface area contributed by atoms with Gasteiger partial charge in [0.25, 0.3) is 0 Å². The van der Waals surface area contributed by atoms with Crippen LogP contribution in [-0.4, -0.2) is 55.1 Å². The number of piperazine rings is 1. The van der Waals surface area contributed by atoms with Crippen molar-refractivity contribution in [1.29, 1.82) is 0 Å². The highest BCUT2D eigenvalue weighted by atomic mass is 32.1. The van der Waals surface area contributed by atoms with Crippen molar-refractivity contribution in [1.82, 2.24) is 9.80 Å². The fraction of sp³-hybridized carbons (Fsp3) is 0.500. The fourth-order valence-corrected chi connectivity index (χ4v) is 4.81. The Bertz CT molecular complexity index is 667. The maximum atomic E-state index is 14.0. The highest BCUT2D eigenvalue weighted by Crippen LogP contribution is 2.23. The van der Waals surface area contributed by atoms with Crippen LogP contribution in [0.15, 0.2) is 41.1 Å². The number of benzene rings is 1. The van der Waals surface area contributed by atoms with Gasteiger partial charge in [0.2, 0.25) is 0 Å². The summed E-state index contributed by atoms with van der Waals surface area (Å²) in [4.78, 5) is 7.41. The smallest absolute Gasteiger partial charge is 0.146 e. The normalized spacial score (nSPS) is 23.1. The zero-order valence-corrected chi connectivity index (χ0v) is 15.4. The lowest BCUT2D eigenvalue weighted by molar-refractivity contribution is 0.0887. The second-order valence-electron chi connectivity index (χ2n) is 7.14. The van der Waals surface area contributed by atoms with Crippen LogP contribution in [0, 0.1) is 5.82 Å². The summed E-state index contributed by atoms with van der Waals surface area (Å²) in [5, 5.41) is 4.43. The van der Waals surface area contributed by atoms with E-state index in [1.807, 2.05) is 12.1 Å². The molecule has 0 unspecified atom stereocenters. The predicted molar refractivity (Wildman–Crippen MR) is 103 cm³/mol. The molecule has 0 spiro atoms. The molecule has 5 heteroatoms. The third-order valence-corrected chi connectivity index (χ3v) is 6.22.